The highest BCUT2D eigenvalue weighted by molar-refractivity contribution is 4.89. The predicted octanol–water partition coefficient (Wildman–Crippen LogP) is 0.260. The van der Waals surface area contributed by atoms with Crippen LogP contribution in [-0.4, -0.2) is 21.3 Å². The third-order valence-corrected chi connectivity index (χ3v) is 3.31. The van der Waals surface area contributed by atoms with E-state index in [1.807, 2.05) is 0 Å². The molecule has 1 aliphatic carbocycles. The molecule has 5 heteroatoms. The van der Waals surface area contributed by atoms with Crippen molar-refractivity contribution in [3.63, 3.8) is 0 Å². The van der Waals surface area contributed by atoms with Crippen LogP contribution in [0.1, 0.15) is 31.7 Å². The Morgan fingerprint density at radius 1 is 1.38 bits per heavy atom. The van der Waals surface area contributed by atoms with Crippen molar-refractivity contribution >= 4 is 0 Å². The number of hydrogen-bond acceptors (Lipinski definition) is 3. The molecule has 0 bridgehead atoms. The van der Waals surface area contributed by atoms with Crippen LogP contribution in [0.3, 0.4) is 0 Å². The molecular formula is C11H16N2O3. The van der Waals surface area contributed by atoms with E-state index in [2.05, 4.69) is 4.98 Å². The highest BCUT2D eigenvalue weighted by atomic mass is 16.3. The molecule has 0 amide bonds. The van der Waals surface area contributed by atoms with Gasteiger partial charge in [-0.1, -0.05) is 12.8 Å². The van der Waals surface area contributed by atoms with Gasteiger partial charge in [0.1, 0.15) is 0 Å². The summed E-state index contributed by atoms with van der Waals surface area (Å²) >= 11 is 0. The molecule has 0 spiro atoms. The maximum absolute atomic E-state index is 11.6. The van der Waals surface area contributed by atoms with Gasteiger partial charge in [0.2, 0.25) is 0 Å². The van der Waals surface area contributed by atoms with Crippen molar-refractivity contribution in [3.05, 3.63) is 33.1 Å². The van der Waals surface area contributed by atoms with Gasteiger partial charge in [-0.25, -0.2) is 4.79 Å². The highest BCUT2D eigenvalue weighted by Gasteiger charge is 2.26. The first-order chi connectivity index (χ1) is 7.72. The van der Waals surface area contributed by atoms with Crippen LogP contribution in [-0.2, 0) is 0 Å². The molecule has 2 atom stereocenters. The molecule has 1 aliphatic rings. The molecule has 88 valence electrons. The summed E-state index contributed by atoms with van der Waals surface area (Å²) in [5, 5.41) is 9.28. The number of aromatic amines is 1. The van der Waals surface area contributed by atoms with Crippen molar-refractivity contribution in [2.24, 2.45) is 5.92 Å². The average Bonchev–Trinajstić information content (AvgIpc) is 2.29. The molecule has 5 nitrogen and oxygen atoms in total. The van der Waals surface area contributed by atoms with Gasteiger partial charge < -0.3 is 5.11 Å². The fourth-order valence-electron chi connectivity index (χ4n) is 2.46. The fraction of sp³-hybridized carbons (Fsp3) is 0.636. The second kappa shape index (κ2) is 4.65. The van der Waals surface area contributed by atoms with Gasteiger partial charge in [0.05, 0.1) is 0 Å². The van der Waals surface area contributed by atoms with Crippen molar-refractivity contribution in [1.82, 2.24) is 9.55 Å². The van der Waals surface area contributed by atoms with Crippen molar-refractivity contribution < 1.29 is 5.11 Å². The molecule has 16 heavy (non-hydrogen) atoms. The Bertz CT molecular complexity index is 463. The van der Waals surface area contributed by atoms with Gasteiger partial charge in [0.15, 0.2) is 0 Å². The van der Waals surface area contributed by atoms with E-state index < -0.39 is 0 Å². The minimum atomic E-state index is -0.377. The molecule has 0 radical (unpaired) electrons. The topological polar surface area (TPSA) is 75.1 Å². The number of aliphatic hydroxyl groups excluding tert-OH is 1. The SMILES string of the molecule is O=c1ccn([C@@H]2CCCC[C@@H]2CO)c(=O)[nH]1. The second-order valence-corrected chi connectivity index (χ2v) is 4.31. The van der Waals surface area contributed by atoms with E-state index in [4.69, 9.17) is 0 Å². The van der Waals surface area contributed by atoms with Gasteiger partial charge >= 0.3 is 5.69 Å². The molecule has 0 saturated heterocycles. The lowest BCUT2D eigenvalue weighted by Crippen LogP contribution is -2.36. The second-order valence-electron chi connectivity index (χ2n) is 4.31. The molecule has 2 rings (SSSR count). The molecule has 1 aromatic rings. The number of aromatic nitrogens is 2. The maximum atomic E-state index is 11.6. The number of hydrogen-bond donors (Lipinski definition) is 2. The van der Waals surface area contributed by atoms with E-state index in [9.17, 15) is 14.7 Å². The summed E-state index contributed by atoms with van der Waals surface area (Å²) in [7, 11) is 0. The number of H-pyrrole nitrogens is 1. The van der Waals surface area contributed by atoms with E-state index in [-0.39, 0.29) is 29.8 Å². The van der Waals surface area contributed by atoms with Crippen LogP contribution in [0.5, 0.6) is 0 Å². The predicted molar refractivity (Wildman–Crippen MR) is 59.4 cm³/mol. The lowest BCUT2D eigenvalue weighted by Gasteiger charge is -2.31. The van der Waals surface area contributed by atoms with E-state index in [1.165, 1.54) is 12.3 Å². The maximum Gasteiger partial charge on any atom is 0.328 e. The normalized spacial score (nSPS) is 25.6. The van der Waals surface area contributed by atoms with Gasteiger partial charge in [-0.15, -0.1) is 0 Å². The summed E-state index contributed by atoms with van der Waals surface area (Å²) in [6.45, 7) is 0.0935. The Balaban J connectivity index is 2.34. The average molecular weight is 224 g/mol. The molecule has 1 heterocycles. The van der Waals surface area contributed by atoms with Gasteiger partial charge in [-0.05, 0) is 12.8 Å². The third kappa shape index (κ3) is 2.09. The van der Waals surface area contributed by atoms with Crippen molar-refractivity contribution in [2.75, 3.05) is 6.61 Å². The van der Waals surface area contributed by atoms with E-state index >= 15 is 0 Å². The summed E-state index contributed by atoms with van der Waals surface area (Å²) in [6, 6.07) is 1.37. The van der Waals surface area contributed by atoms with Crippen LogP contribution >= 0.6 is 0 Å². The van der Waals surface area contributed by atoms with E-state index in [0.29, 0.717) is 0 Å². The lowest BCUT2D eigenvalue weighted by molar-refractivity contribution is 0.135. The van der Waals surface area contributed by atoms with Crippen molar-refractivity contribution in [1.29, 1.82) is 0 Å². The smallest absolute Gasteiger partial charge is 0.328 e. The van der Waals surface area contributed by atoms with Gasteiger partial charge in [-0.3, -0.25) is 14.3 Å². The van der Waals surface area contributed by atoms with Crippen LogP contribution in [0.2, 0.25) is 0 Å². The molecule has 0 aromatic carbocycles. The summed E-state index contributed by atoms with van der Waals surface area (Å²) in [4.78, 5) is 24.8. The standard InChI is InChI=1S/C11H16N2O3/c14-7-8-3-1-2-4-9(8)13-6-5-10(15)12-11(13)16/h5-6,8-9,14H,1-4,7H2,(H,12,15,16)/t8-,9-/m1/s1. The summed E-state index contributed by atoms with van der Waals surface area (Å²) in [5.41, 5.74) is -0.754. The molecule has 1 saturated carbocycles. The van der Waals surface area contributed by atoms with Crippen LogP contribution in [0, 0.1) is 5.92 Å². The fourth-order valence-corrected chi connectivity index (χ4v) is 2.46. The molecule has 1 aromatic heterocycles. The minimum Gasteiger partial charge on any atom is -0.396 e. The molecule has 1 fully saturated rings. The Hall–Kier alpha value is -1.36. The van der Waals surface area contributed by atoms with Gasteiger partial charge in [-0.2, -0.15) is 0 Å². The Morgan fingerprint density at radius 2 is 2.12 bits per heavy atom. The lowest BCUT2D eigenvalue weighted by atomic mass is 9.85. The minimum absolute atomic E-state index is 0.0168. The number of rotatable bonds is 2. The van der Waals surface area contributed by atoms with Crippen LogP contribution in [0.15, 0.2) is 21.9 Å². The van der Waals surface area contributed by atoms with Crippen LogP contribution in [0.25, 0.3) is 0 Å². The van der Waals surface area contributed by atoms with E-state index in [0.717, 1.165) is 25.7 Å². The molecule has 0 unspecified atom stereocenters. The quantitative estimate of drug-likeness (QED) is 0.756. The van der Waals surface area contributed by atoms with Crippen LogP contribution < -0.4 is 11.2 Å². The summed E-state index contributed by atoms with van der Waals surface area (Å²) < 4.78 is 1.54. The zero-order valence-corrected chi connectivity index (χ0v) is 9.06. The first-order valence-electron chi connectivity index (χ1n) is 5.64. The first kappa shape index (κ1) is 11.1. The number of nitrogens with one attached hydrogen (secondary N) is 1. The summed E-state index contributed by atoms with van der Waals surface area (Å²) in [6.07, 6.45) is 5.51. The number of aliphatic hydroxyl groups is 1. The molecular weight excluding hydrogens is 208 g/mol. The Morgan fingerprint density at radius 3 is 2.81 bits per heavy atom. The first-order valence-corrected chi connectivity index (χ1v) is 5.64. The monoisotopic (exact) mass is 224 g/mol. The largest absolute Gasteiger partial charge is 0.396 e. The zero-order valence-electron chi connectivity index (χ0n) is 9.06. The van der Waals surface area contributed by atoms with Gasteiger partial charge in [0.25, 0.3) is 5.56 Å². The van der Waals surface area contributed by atoms with E-state index in [1.54, 1.807) is 4.57 Å². The summed E-state index contributed by atoms with van der Waals surface area (Å²) in [5.74, 6) is 0.123. The van der Waals surface area contributed by atoms with Crippen LogP contribution in [0.4, 0.5) is 0 Å². The van der Waals surface area contributed by atoms with Gasteiger partial charge in [0, 0.05) is 30.8 Å². The third-order valence-electron chi connectivity index (χ3n) is 3.31. The molecule has 0 aliphatic heterocycles. The van der Waals surface area contributed by atoms with Crippen molar-refractivity contribution in [3.8, 4) is 0 Å². The highest BCUT2D eigenvalue weighted by Crippen LogP contribution is 2.32. The Kier molecular flexibility index (Phi) is 3.24. The Labute approximate surface area is 92.7 Å². The number of nitrogens with zero attached hydrogens (tertiary/aromatic N) is 1. The zero-order chi connectivity index (χ0) is 11.5. The molecule has 2 N–H and O–H groups in total. The van der Waals surface area contributed by atoms with Crippen molar-refractivity contribution in [2.45, 2.75) is 31.7 Å².